The van der Waals surface area contributed by atoms with E-state index < -0.39 is 6.69 Å². The minimum atomic E-state index is -2.15. The van der Waals surface area contributed by atoms with Crippen molar-refractivity contribution in [3.63, 3.8) is 0 Å². The van der Waals surface area contributed by atoms with Gasteiger partial charge in [0.05, 0.1) is 0 Å². The highest BCUT2D eigenvalue weighted by Gasteiger charge is 2.29. The van der Waals surface area contributed by atoms with Gasteiger partial charge in [0.1, 0.15) is 0 Å². The Hall–Kier alpha value is 1.38. The van der Waals surface area contributed by atoms with E-state index in [0.717, 1.165) is 37.8 Å². The molecular weight excluding hydrogens is 362 g/mol. The minimum Gasteiger partial charge on any atom is -0.146 e. The summed E-state index contributed by atoms with van der Waals surface area (Å²) in [4.78, 5) is 0. The van der Waals surface area contributed by atoms with Crippen molar-refractivity contribution in [3.8, 4) is 0 Å². The lowest BCUT2D eigenvalue weighted by molar-refractivity contribution is 0.623. The summed E-state index contributed by atoms with van der Waals surface area (Å²) >= 11 is 25.8. The lowest BCUT2D eigenvalue weighted by atomic mass is 10.1. The molecule has 0 saturated carbocycles. The second-order valence-corrected chi connectivity index (χ2v) is 15.0. The zero-order valence-corrected chi connectivity index (χ0v) is 17.7. The van der Waals surface area contributed by atoms with Crippen LogP contribution in [-0.4, -0.2) is 17.4 Å². The van der Waals surface area contributed by atoms with E-state index in [9.17, 15) is 0 Å². The van der Waals surface area contributed by atoms with Gasteiger partial charge in [0, 0.05) is 10.8 Å². The molecule has 0 aliphatic heterocycles. The smallest absolute Gasteiger partial charge is 0.146 e. The first-order chi connectivity index (χ1) is 9.91. The Balaban J connectivity index is 3.76. The maximum absolute atomic E-state index is 6.53. The molecule has 0 fully saturated rings. The fourth-order valence-corrected chi connectivity index (χ4v) is 6.37. The Morgan fingerprint density at radius 1 is 0.667 bits per heavy atom. The van der Waals surface area contributed by atoms with E-state index in [1.165, 1.54) is 38.5 Å². The third kappa shape index (κ3) is 14.7. The molecule has 128 valence electrons. The van der Waals surface area contributed by atoms with Crippen molar-refractivity contribution < 1.29 is 0 Å². The standard InChI is InChI=1S/C16H32Cl4Si/c1-3-5-7-9-15(17)11-13-21(19,20)14-12-16(18)10-8-6-4-2/h15-16H,3-14H2,1-2H3. The maximum Gasteiger partial charge on any atom is 0.251 e. The Bertz CT molecular complexity index is 214. The molecule has 2 unspecified atom stereocenters. The molecule has 0 rings (SSSR count). The van der Waals surface area contributed by atoms with E-state index >= 15 is 0 Å². The van der Waals surface area contributed by atoms with E-state index in [-0.39, 0.29) is 10.8 Å². The number of hydrogen-bond acceptors (Lipinski definition) is 0. The number of halogens is 4. The molecule has 0 aromatic rings. The van der Waals surface area contributed by atoms with Crippen molar-refractivity contribution in [1.82, 2.24) is 0 Å². The first-order valence-electron chi connectivity index (χ1n) is 8.57. The van der Waals surface area contributed by atoms with Gasteiger partial charge in [0.15, 0.2) is 0 Å². The topological polar surface area (TPSA) is 0 Å². The molecule has 0 saturated heterocycles. The Labute approximate surface area is 152 Å². The third-order valence-electron chi connectivity index (χ3n) is 3.89. The van der Waals surface area contributed by atoms with Crippen LogP contribution in [0.3, 0.4) is 0 Å². The fourth-order valence-electron chi connectivity index (χ4n) is 2.38. The summed E-state index contributed by atoms with van der Waals surface area (Å²) in [5.41, 5.74) is 0. The maximum atomic E-state index is 6.53. The van der Waals surface area contributed by atoms with Crippen molar-refractivity contribution in [2.75, 3.05) is 0 Å². The zero-order valence-electron chi connectivity index (χ0n) is 13.7. The summed E-state index contributed by atoms with van der Waals surface area (Å²) in [6, 6.07) is 1.80. The van der Waals surface area contributed by atoms with Gasteiger partial charge in [-0.1, -0.05) is 52.4 Å². The van der Waals surface area contributed by atoms with Gasteiger partial charge in [-0.25, -0.2) is 0 Å². The highest BCUT2D eigenvalue weighted by atomic mass is 35.7. The van der Waals surface area contributed by atoms with Crippen LogP contribution in [0.1, 0.15) is 78.1 Å². The molecule has 21 heavy (non-hydrogen) atoms. The molecule has 0 amide bonds. The summed E-state index contributed by atoms with van der Waals surface area (Å²) < 4.78 is 0. The van der Waals surface area contributed by atoms with Crippen LogP contribution in [0.25, 0.3) is 0 Å². The monoisotopic (exact) mass is 392 g/mol. The molecule has 0 nitrogen and oxygen atoms in total. The predicted molar refractivity (Wildman–Crippen MR) is 104 cm³/mol. The average molecular weight is 394 g/mol. The first kappa shape index (κ1) is 22.4. The van der Waals surface area contributed by atoms with Crippen LogP contribution < -0.4 is 0 Å². The molecule has 0 aliphatic rings. The van der Waals surface area contributed by atoms with Crippen molar-refractivity contribution in [3.05, 3.63) is 0 Å². The summed E-state index contributed by atoms with van der Waals surface area (Å²) in [6.07, 6.45) is 11.5. The Morgan fingerprint density at radius 3 is 1.38 bits per heavy atom. The van der Waals surface area contributed by atoms with Crippen molar-refractivity contribution in [2.45, 2.75) is 101 Å². The van der Waals surface area contributed by atoms with Gasteiger partial charge in [-0.05, 0) is 37.8 Å². The minimum absolute atomic E-state index is 0.234. The summed E-state index contributed by atoms with van der Waals surface area (Å²) in [7, 11) is 0. The second-order valence-electron chi connectivity index (χ2n) is 6.12. The molecule has 2 atom stereocenters. The molecular formula is C16H32Cl4Si. The summed E-state index contributed by atoms with van der Waals surface area (Å²) in [6.45, 7) is 2.27. The van der Waals surface area contributed by atoms with E-state index in [0.29, 0.717) is 0 Å². The molecule has 0 spiro atoms. The molecule has 0 N–H and O–H groups in total. The van der Waals surface area contributed by atoms with Gasteiger partial charge in [-0.15, -0.1) is 45.4 Å². The Morgan fingerprint density at radius 2 is 1.05 bits per heavy atom. The zero-order chi connectivity index (χ0) is 16.1. The quantitative estimate of drug-likeness (QED) is 0.121. The average Bonchev–Trinajstić information content (AvgIpc) is 2.44. The van der Waals surface area contributed by atoms with Crippen LogP contribution in [0.5, 0.6) is 0 Å². The van der Waals surface area contributed by atoms with Crippen LogP contribution in [0.2, 0.25) is 12.1 Å². The van der Waals surface area contributed by atoms with Gasteiger partial charge in [-0.3, -0.25) is 0 Å². The van der Waals surface area contributed by atoms with Gasteiger partial charge in [-0.2, -0.15) is 0 Å². The number of unbranched alkanes of at least 4 members (excludes halogenated alkanes) is 4. The molecule has 0 aromatic carbocycles. The van der Waals surface area contributed by atoms with Crippen LogP contribution in [0.15, 0.2) is 0 Å². The SMILES string of the molecule is CCCCCC(Cl)CC[Si](Cl)(Cl)CCC(Cl)CCCCC. The number of alkyl halides is 2. The van der Waals surface area contributed by atoms with Crippen LogP contribution in [0, 0.1) is 0 Å². The van der Waals surface area contributed by atoms with E-state index in [2.05, 4.69) is 13.8 Å². The van der Waals surface area contributed by atoms with Crippen LogP contribution in [-0.2, 0) is 0 Å². The number of hydrogen-bond donors (Lipinski definition) is 0. The molecule has 5 heteroatoms. The normalized spacial score (nSPS) is 15.1. The molecule has 0 aliphatic carbocycles. The van der Waals surface area contributed by atoms with Gasteiger partial charge in [0.25, 0.3) is 6.69 Å². The first-order valence-corrected chi connectivity index (χ1v) is 13.9. The van der Waals surface area contributed by atoms with Crippen molar-refractivity contribution in [2.24, 2.45) is 0 Å². The lowest BCUT2D eigenvalue weighted by Gasteiger charge is -2.20. The van der Waals surface area contributed by atoms with Gasteiger partial charge < -0.3 is 0 Å². The second kappa shape index (κ2) is 13.8. The molecule has 0 radical (unpaired) electrons. The predicted octanol–water partition coefficient (Wildman–Crippen LogP) is 8.06. The highest BCUT2D eigenvalue weighted by Crippen LogP contribution is 2.32. The molecule has 0 bridgehead atoms. The summed E-state index contributed by atoms with van der Waals surface area (Å²) in [5.74, 6) is 0. The van der Waals surface area contributed by atoms with Crippen LogP contribution >= 0.6 is 45.4 Å². The number of rotatable bonds is 14. The molecule has 0 heterocycles. The molecule has 0 aromatic heterocycles. The lowest BCUT2D eigenvalue weighted by Crippen LogP contribution is -2.21. The Kier molecular flexibility index (Phi) is 14.7. The van der Waals surface area contributed by atoms with Gasteiger partial charge >= 0.3 is 0 Å². The van der Waals surface area contributed by atoms with Crippen molar-refractivity contribution >= 4 is 52.1 Å². The van der Waals surface area contributed by atoms with E-state index in [4.69, 9.17) is 45.4 Å². The fraction of sp³-hybridized carbons (Fsp3) is 1.00. The van der Waals surface area contributed by atoms with Crippen LogP contribution in [0.4, 0.5) is 0 Å². The van der Waals surface area contributed by atoms with E-state index in [1.54, 1.807) is 0 Å². The summed E-state index contributed by atoms with van der Waals surface area (Å²) in [5, 5.41) is 0.467. The van der Waals surface area contributed by atoms with Gasteiger partial charge in [0.2, 0.25) is 0 Å². The largest absolute Gasteiger partial charge is 0.251 e. The van der Waals surface area contributed by atoms with Crippen molar-refractivity contribution in [1.29, 1.82) is 0 Å². The third-order valence-corrected chi connectivity index (χ3v) is 9.07. The highest BCUT2D eigenvalue weighted by molar-refractivity contribution is 7.45. The van der Waals surface area contributed by atoms with E-state index in [1.807, 2.05) is 0 Å².